The second-order valence-corrected chi connectivity index (χ2v) is 3.81. The molecular formula is C10H20N2O2. The van der Waals surface area contributed by atoms with Gasteiger partial charge in [0.2, 0.25) is 5.91 Å². The minimum Gasteiger partial charge on any atom is -0.372 e. The van der Waals surface area contributed by atoms with E-state index in [1.807, 2.05) is 11.8 Å². The van der Waals surface area contributed by atoms with Crippen LogP contribution in [0.15, 0.2) is 0 Å². The molecule has 4 heteroatoms. The van der Waals surface area contributed by atoms with Crippen LogP contribution in [0.2, 0.25) is 0 Å². The van der Waals surface area contributed by atoms with Crippen LogP contribution in [0.5, 0.6) is 0 Å². The van der Waals surface area contributed by atoms with Gasteiger partial charge < -0.3 is 15.4 Å². The monoisotopic (exact) mass is 200 g/mol. The molecule has 4 nitrogen and oxygen atoms in total. The summed E-state index contributed by atoms with van der Waals surface area (Å²) in [4.78, 5) is 13.5. The minimum absolute atomic E-state index is 0.149. The molecule has 1 fully saturated rings. The molecule has 2 unspecified atom stereocenters. The number of hydrogen-bond acceptors (Lipinski definition) is 3. The average molecular weight is 200 g/mol. The minimum atomic E-state index is 0.149. The van der Waals surface area contributed by atoms with E-state index in [2.05, 4.69) is 6.92 Å². The summed E-state index contributed by atoms with van der Waals surface area (Å²) >= 11 is 0. The Balaban J connectivity index is 2.48. The highest BCUT2D eigenvalue weighted by molar-refractivity contribution is 5.76. The van der Waals surface area contributed by atoms with E-state index in [9.17, 15) is 4.79 Å². The first-order valence-electron chi connectivity index (χ1n) is 5.30. The number of rotatable bonds is 3. The van der Waals surface area contributed by atoms with Gasteiger partial charge in [0.05, 0.1) is 12.2 Å². The second kappa shape index (κ2) is 5.32. The quantitative estimate of drug-likeness (QED) is 0.715. The maximum Gasteiger partial charge on any atom is 0.224 e. The number of morpholine rings is 1. The molecule has 2 atom stereocenters. The number of nitrogens with zero attached hydrogens (tertiary/aromatic N) is 1. The topological polar surface area (TPSA) is 55.6 Å². The van der Waals surface area contributed by atoms with Gasteiger partial charge >= 0.3 is 0 Å². The van der Waals surface area contributed by atoms with Crippen LogP contribution in [0.3, 0.4) is 0 Å². The predicted molar refractivity (Wildman–Crippen MR) is 54.9 cm³/mol. The van der Waals surface area contributed by atoms with Gasteiger partial charge in [-0.2, -0.15) is 0 Å². The van der Waals surface area contributed by atoms with Crippen molar-refractivity contribution in [3.63, 3.8) is 0 Å². The van der Waals surface area contributed by atoms with E-state index < -0.39 is 0 Å². The molecule has 0 spiro atoms. The van der Waals surface area contributed by atoms with Gasteiger partial charge in [0.15, 0.2) is 0 Å². The van der Waals surface area contributed by atoms with E-state index in [-0.39, 0.29) is 18.1 Å². The first kappa shape index (κ1) is 11.5. The summed E-state index contributed by atoms with van der Waals surface area (Å²) in [6, 6.07) is 0. The molecule has 82 valence electrons. The Morgan fingerprint density at radius 2 is 2.29 bits per heavy atom. The lowest BCUT2D eigenvalue weighted by Crippen LogP contribution is -2.49. The first-order chi connectivity index (χ1) is 6.67. The molecule has 2 N–H and O–H groups in total. The number of nitrogens with two attached hydrogens (primary N) is 1. The van der Waals surface area contributed by atoms with Crippen molar-refractivity contribution in [2.24, 2.45) is 5.73 Å². The van der Waals surface area contributed by atoms with Crippen LogP contribution < -0.4 is 5.73 Å². The third-order valence-electron chi connectivity index (χ3n) is 2.49. The number of amides is 1. The van der Waals surface area contributed by atoms with E-state index in [0.29, 0.717) is 19.5 Å². The highest BCUT2D eigenvalue weighted by atomic mass is 16.5. The third kappa shape index (κ3) is 2.96. The number of hydrogen-bond donors (Lipinski definition) is 1. The van der Waals surface area contributed by atoms with Crippen molar-refractivity contribution in [1.82, 2.24) is 4.90 Å². The molecule has 0 aromatic carbocycles. The maximum atomic E-state index is 11.6. The van der Waals surface area contributed by atoms with Crippen LogP contribution in [0, 0.1) is 0 Å². The lowest BCUT2D eigenvalue weighted by molar-refractivity contribution is -0.144. The maximum absolute atomic E-state index is 11.6. The molecule has 0 saturated carbocycles. The normalized spacial score (nSPS) is 27.8. The molecule has 14 heavy (non-hydrogen) atoms. The largest absolute Gasteiger partial charge is 0.372 e. The zero-order valence-electron chi connectivity index (χ0n) is 9.03. The summed E-state index contributed by atoms with van der Waals surface area (Å²) < 4.78 is 5.67. The Kier molecular flexibility index (Phi) is 4.35. The summed E-state index contributed by atoms with van der Waals surface area (Å²) in [7, 11) is 0. The van der Waals surface area contributed by atoms with E-state index in [1.165, 1.54) is 0 Å². The number of carbonyl (C=O) groups excluding carboxylic acids is 1. The SMILES string of the molecule is CCC1CN(C(=O)CCN)CC(C)O1. The van der Waals surface area contributed by atoms with Crippen molar-refractivity contribution in [3.05, 3.63) is 0 Å². The van der Waals surface area contributed by atoms with E-state index in [0.717, 1.165) is 13.0 Å². The molecule has 1 saturated heterocycles. The molecule has 0 aliphatic carbocycles. The molecule has 1 aliphatic rings. The Bertz CT molecular complexity index is 197. The summed E-state index contributed by atoms with van der Waals surface area (Å²) in [5, 5.41) is 0. The van der Waals surface area contributed by atoms with Crippen LogP contribution in [0.25, 0.3) is 0 Å². The van der Waals surface area contributed by atoms with Crippen LogP contribution in [0.4, 0.5) is 0 Å². The third-order valence-corrected chi connectivity index (χ3v) is 2.49. The van der Waals surface area contributed by atoms with Crippen molar-refractivity contribution >= 4 is 5.91 Å². The van der Waals surface area contributed by atoms with Gasteiger partial charge in [-0.05, 0) is 13.3 Å². The summed E-state index contributed by atoms with van der Waals surface area (Å²) in [5.74, 6) is 0.154. The van der Waals surface area contributed by atoms with E-state index >= 15 is 0 Å². The smallest absolute Gasteiger partial charge is 0.224 e. The average Bonchev–Trinajstić information content (AvgIpc) is 2.17. The number of ether oxygens (including phenoxy) is 1. The predicted octanol–water partition coefficient (Wildman–Crippen LogP) is 0.361. The van der Waals surface area contributed by atoms with Crippen LogP contribution in [-0.4, -0.2) is 42.6 Å². The molecule has 0 radical (unpaired) electrons. The fourth-order valence-electron chi connectivity index (χ4n) is 1.76. The van der Waals surface area contributed by atoms with Crippen LogP contribution in [0.1, 0.15) is 26.7 Å². The lowest BCUT2D eigenvalue weighted by atomic mass is 10.1. The zero-order valence-corrected chi connectivity index (χ0v) is 9.03. The van der Waals surface area contributed by atoms with Gasteiger partial charge in [-0.1, -0.05) is 6.92 Å². The van der Waals surface area contributed by atoms with Crippen LogP contribution in [-0.2, 0) is 9.53 Å². The van der Waals surface area contributed by atoms with Crippen molar-refractivity contribution in [2.75, 3.05) is 19.6 Å². The molecule has 1 amide bonds. The summed E-state index contributed by atoms with van der Waals surface area (Å²) in [6.07, 6.45) is 1.75. The van der Waals surface area contributed by atoms with Crippen molar-refractivity contribution in [1.29, 1.82) is 0 Å². The fraction of sp³-hybridized carbons (Fsp3) is 0.900. The standard InChI is InChI=1S/C10H20N2O2/c1-3-9-7-12(6-8(2)14-9)10(13)4-5-11/h8-9H,3-7,11H2,1-2H3. The molecule has 0 aromatic heterocycles. The Morgan fingerprint density at radius 1 is 1.57 bits per heavy atom. The Morgan fingerprint density at radius 3 is 2.86 bits per heavy atom. The van der Waals surface area contributed by atoms with E-state index in [4.69, 9.17) is 10.5 Å². The highest BCUT2D eigenvalue weighted by Crippen LogP contribution is 2.14. The van der Waals surface area contributed by atoms with Crippen molar-refractivity contribution < 1.29 is 9.53 Å². The van der Waals surface area contributed by atoms with Gasteiger partial charge in [-0.3, -0.25) is 4.79 Å². The summed E-state index contributed by atoms with van der Waals surface area (Å²) in [6.45, 7) is 5.94. The highest BCUT2D eigenvalue weighted by Gasteiger charge is 2.26. The molecule has 1 rings (SSSR count). The van der Waals surface area contributed by atoms with Crippen molar-refractivity contribution in [3.8, 4) is 0 Å². The second-order valence-electron chi connectivity index (χ2n) is 3.81. The Labute approximate surface area is 85.4 Å². The van der Waals surface area contributed by atoms with Crippen molar-refractivity contribution in [2.45, 2.75) is 38.9 Å². The molecule has 0 aromatic rings. The molecule has 1 aliphatic heterocycles. The molecule has 0 bridgehead atoms. The van der Waals surface area contributed by atoms with Gasteiger partial charge in [0.25, 0.3) is 0 Å². The van der Waals surface area contributed by atoms with Gasteiger partial charge in [-0.15, -0.1) is 0 Å². The summed E-state index contributed by atoms with van der Waals surface area (Å²) in [5.41, 5.74) is 5.36. The number of carbonyl (C=O) groups is 1. The van der Waals surface area contributed by atoms with Gasteiger partial charge in [0.1, 0.15) is 0 Å². The van der Waals surface area contributed by atoms with E-state index in [1.54, 1.807) is 0 Å². The fourth-order valence-corrected chi connectivity index (χ4v) is 1.76. The van der Waals surface area contributed by atoms with Gasteiger partial charge in [-0.25, -0.2) is 0 Å². The first-order valence-corrected chi connectivity index (χ1v) is 5.30. The zero-order chi connectivity index (χ0) is 10.6. The Hall–Kier alpha value is -0.610. The van der Waals surface area contributed by atoms with Gasteiger partial charge in [0, 0.05) is 26.1 Å². The lowest BCUT2D eigenvalue weighted by Gasteiger charge is -2.36. The van der Waals surface area contributed by atoms with Crippen LogP contribution >= 0.6 is 0 Å². The molecule has 1 heterocycles. The molecular weight excluding hydrogens is 180 g/mol.